The summed E-state index contributed by atoms with van der Waals surface area (Å²) in [5, 5.41) is 3.51. The molecule has 5 rings (SSSR count). The van der Waals surface area contributed by atoms with E-state index in [2.05, 4.69) is 22.3 Å². The lowest BCUT2D eigenvalue weighted by Crippen LogP contribution is -2.62. The van der Waals surface area contributed by atoms with Crippen LogP contribution in [-0.2, 0) is 11.3 Å². The predicted molar refractivity (Wildman–Crippen MR) is 103 cm³/mol. The second-order valence-corrected chi connectivity index (χ2v) is 9.13. The SMILES string of the molecule is COc1ccc(CN(C)C(C)C(=O)NC23CC4CC(CC(C4)C2)C3)cc1. The second-order valence-electron chi connectivity index (χ2n) is 9.13. The van der Waals surface area contributed by atoms with E-state index in [9.17, 15) is 4.79 Å². The number of benzene rings is 1. The van der Waals surface area contributed by atoms with Gasteiger partial charge in [-0.25, -0.2) is 0 Å². The van der Waals surface area contributed by atoms with E-state index >= 15 is 0 Å². The van der Waals surface area contributed by atoms with Gasteiger partial charge in [0.25, 0.3) is 0 Å². The fourth-order valence-corrected chi connectivity index (χ4v) is 5.99. The Kier molecular flexibility index (Phi) is 4.72. The molecule has 1 unspecified atom stereocenters. The number of carbonyl (C=O) groups excluding carboxylic acids is 1. The highest BCUT2D eigenvalue weighted by Crippen LogP contribution is 2.55. The standard InChI is InChI=1S/C22H32N2O2/c1-15(24(2)14-16-4-6-20(26-3)7-5-16)21(25)23-22-11-17-8-18(12-22)10-19(9-17)13-22/h4-7,15,17-19H,8-14H2,1-3H3,(H,23,25). The van der Waals surface area contributed by atoms with Gasteiger partial charge in [-0.2, -0.15) is 0 Å². The minimum atomic E-state index is -0.120. The zero-order valence-electron chi connectivity index (χ0n) is 16.3. The molecule has 0 aliphatic heterocycles. The summed E-state index contributed by atoms with van der Waals surface area (Å²) in [5.74, 6) is 3.63. The van der Waals surface area contributed by atoms with Crippen molar-refractivity contribution in [2.24, 2.45) is 17.8 Å². The highest BCUT2D eigenvalue weighted by atomic mass is 16.5. The highest BCUT2D eigenvalue weighted by Gasteiger charge is 2.51. The van der Waals surface area contributed by atoms with E-state index in [0.29, 0.717) is 0 Å². The molecule has 4 aliphatic carbocycles. The molecule has 4 nitrogen and oxygen atoms in total. The first-order chi connectivity index (χ1) is 12.5. The smallest absolute Gasteiger partial charge is 0.237 e. The lowest BCUT2D eigenvalue weighted by molar-refractivity contribution is -0.131. The van der Waals surface area contributed by atoms with Crippen LogP contribution in [0.15, 0.2) is 24.3 Å². The lowest BCUT2D eigenvalue weighted by Gasteiger charge is -2.57. The summed E-state index contributed by atoms with van der Waals surface area (Å²) in [4.78, 5) is 15.1. The average molecular weight is 357 g/mol. The number of likely N-dealkylation sites (N-methyl/N-ethyl adjacent to an activating group) is 1. The number of nitrogens with one attached hydrogen (secondary N) is 1. The van der Waals surface area contributed by atoms with Gasteiger partial charge in [-0.1, -0.05) is 12.1 Å². The van der Waals surface area contributed by atoms with Crippen molar-refractivity contribution in [3.05, 3.63) is 29.8 Å². The Morgan fingerprint density at radius 2 is 1.69 bits per heavy atom. The van der Waals surface area contributed by atoms with Gasteiger partial charge in [0.15, 0.2) is 0 Å². The molecule has 4 aliphatic rings. The van der Waals surface area contributed by atoms with Crippen molar-refractivity contribution in [3.63, 3.8) is 0 Å². The first-order valence-corrected chi connectivity index (χ1v) is 10.1. The number of nitrogens with zero attached hydrogens (tertiary/aromatic N) is 1. The second kappa shape index (κ2) is 6.88. The molecule has 26 heavy (non-hydrogen) atoms. The zero-order valence-corrected chi connectivity index (χ0v) is 16.3. The van der Waals surface area contributed by atoms with Crippen LogP contribution in [0.2, 0.25) is 0 Å². The maximum absolute atomic E-state index is 13.0. The van der Waals surface area contributed by atoms with Crippen molar-refractivity contribution in [1.82, 2.24) is 10.2 Å². The number of amides is 1. The van der Waals surface area contributed by atoms with Gasteiger partial charge in [0.2, 0.25) is 5.91 Å². The van der Waals surface area contributed by atoms with Gasteiger partial charge >= 0.3 is 0 Å². The molecule has 1 aromatic carbocycles. The number of rotatable bonds is 6. The molecule has 1 N–H and O–H groups in total. The monoisotopic (exact) mass is 356 g/mol. The third-order valence-corrected chi connectivity index (χ3v) is 7.06. The average Bonchev–Trinajstić information content (AvgIpc) is 2.60. The summed E-state index contributed by atoms with van der Waals surface area (Å²) in [5.41, 5.74) is 1.30. The number of carbonyl (C=O) groups is 1. The number of ether oxygens (including phenoxy) is 1. The summed E-state index contributed by atoms with van der Waals surface area (Å²) >= 11 is 0. The Balaban J connectivity index is 1.36. The van der Waals surface area contributed by atoms with Crippen LogP contribution in [-0.4, -0.2) is 36.5 Å². The topological polar surface area (TPSA) is 41.6 Å². The van der Waals surface area contributed by atoms with Crippen molar-refractivity contribution >= 4 is 5.91 Å². The van der Waals surface area contributed by atoms with E-state index < -0.39 is 0 Å². The molecule has 4 bridgehead atoms. The molecule has 1 amide bonds. The molecule has 0 saturated heterocycles. The molecule has 1 atom stereocenters. The van der Waals surface area contributed by atoms with E-state index in [0.717, 1.165) is 30.0 Å². The number of hydrogen-bond donors (Lipinski definition) is 1. The maximum atomic E-state index is 13.0. The summed E-state index contributed by atoms with van der Waals surface area (Å²) in [6.45, 7) is 2.79. The normalized spacial score (nSPS) is 33.3. The van der Waals surface area contributed by atoms with E-state index in [1.807, 2.05) is 26.1 Å². The molecular formula is C22H32N2O2. The van der Waals surface area contributed by atoms with Crippen molar-refractivity contribution in [3.8, 4) is 5.75 Å². The van der Waals surface area contributed by atoms with Crippen LogP contribution < -0.4 is 10.1 Å². The third kappa shape index (κ3) is 3.48. The summed E-state index contributed by atoms with van der Waals surface area (Å²) in [7, 11) is 3.71. The Labute approximate surface area is 157 Å². The van der Waals surface area contributed by atoms with Gasteiger partial charge in [-0.15, -0.1) is 0 Å². The van der Waals surface area contributed by atoms with Crippen LogP contribution in [0.5, 0.6) is 5.75 Å². The zero-order chi connectivity index (χ0) is 18.3. The first-order valence-electron chi connectivity index (χ1n) is 10.1. The van der Waals surface area contributed by atoms with Crippen molar-refractivity contribution in [2.45, 2.75) is 63.6 Å². The van der Waals surface area contributed by atoms with Crippen molar-refractivity contribution in [1.29, 1.82) is 0 Å². The van der Waals surface area contributed by atoms with Crippen molar-refractivity contribution < 1.29 is 9.53 Å². The summed E-state index contributed by atoms with van der Waals surface area (Å²) < 4.78 is 5.22. The lowest BCUT2D eigenvalue weighted by atomic mass is 9.53. The van der Waals surface area contributed by atoms with E-state index in [1.165, 1.54) is 44.1 Å². The van der Waals surface area contributed by atoms with Gasteiger partial charge in [-0.3, -0.25) is 9.69 Å². The number of methoxy groups -OCH3 is 1. The Bertz CT molecular complexity index is 619. The molecule has 0 aromatic heterocycles. The molecule has 4 heteroatoms. The Morgan fingerprint density at radius 1 is 1.15 bits per heavy atom. The molecule has 4 fully saturated rings. The minimum Gasteiger partial charge on any atom is -0.497 e. The Hall–Kier alpha value is -1.55. The van der Waals surface area contributed by atoms with Crippen LogP contribution >= 0.6 is 0 Å². The van der Waals surface area contributed by atoms with E-state index in [-0.39, 0.29) is 17.5 Å². The van der Waals surface area contributed by atoms with Crippen LogP contribution in [0.4, 0.5) is 0 Å². The molecule has 0 radical (unpaired) electrons. The van der Waals surface area contributed by atoms with Crippen LogP contribution in [0.3, 0.4) is 0 Å². The highest BCUT2D eigenvalue weighted by molar-refractivity contribution is 5.82. The molecule has 1 aromatic rings. The molecule has 142 valence electrons. The molecule has 0 heterocycles. The maximum Gasteiger partial charge on any atom is 0.237 e. The summed E-state index contributed by atoms with van der Waals surface area (Å²) in [6.07, 6.45) is 7.84. The van der Waals surface area contributed by atoms with Crippen molar-refractivity contribution in [2.75, 3.05) is 14.2 Å². The fourth-order valence-electron chi connectivity index (χ4n) is 5.99. The third-order valence-electron chi connectivity index (χ3n) is 7.06. The van der Waals surface area contributed by atoms with Crippen LogP contribution in [0, 0.1) is 17.8 Å². The number of hydrogen-bond acceptors (Lipinski definition) is 3. The largest absolute Gasteiger partial charge is 0.497 e. The predicted octanol–water partition coefficient (Wildman–Crippen LogP) is 3.60. The Morgan fingerprint density at radius 3 is 2.19 bits per heavy atom. The summed E-state index contributed by atoms with van der Waals surface area (Å²) in [6, 6.07) is 7.97. The first kappa shape index (κ1) is 17.8. The van der Waals surface area contributed by atoms with E-state index in [4.69, 9.17) is 4.74 Å². The van der Waals surface area contributed by atoms with Gasteiger partial charge in [0, 0.05) is 12.1 Å². The minimum absolute atomic E-state index is 0.0983. The van der Waals surface area contributed by atoms with Gasteiger partial charge < -0.3 is 10.1 Å². The fraction of sp³-hybridized carbons (Fsp3) is 0.682. The van der Waals surface area contributed by atoms with Crippen LogP contribution in [0.25, 0.3) is 0 Å². The van der Waals surface area contributed by atoms with Crippen LogP contribution in [0.1, 0.15) is 51.0 Å². The molecular weight excluding hydrogens is 324 g/mol. The van der Waals surface area contributed by atoms with E-state index in [1.54, 1.807) is 7.11 Å². The molecule has 0 spiro atoms. The molecule has 4 saturated carbocycles. The van der Waals surface area contributed by atoms with Gasteiger partial charge in [0.1, 0.15) is 5.75 Å². The quantitative estimate of drug-likeness (QED) is 0.847. The van der Waals surface area contributed by atoms with Gasteiger partial charge in [0.05, 0.1) is 13.2 Å². The van der Waals surface area contributed by atoms with Gasteiger partial charge in [-0.05, 0) is 87.9 Å².